The largest absolute Gasteiger partial charge is 0.427 e. The maximum absolute atomic E-state index is 10.1. The fourth-order valence-corrected chi connectivity index (χ4v) is 4.81. The van der Waals surface area contributed by atoms with E-state index in [4.69, 9.17) is 4.52 Å². The van der Waals surface area contributed by atoms with Crippen LogP contribution in [-0.4, -0.2) is 9.79 Å². The molecule has 6 heteroatoms. The summed E-state index contributed by atoms with van der Waals surface area (Å²) >= 11 is 0. The molecule has 1 unspecified atom stereocenters. The molecular formula is C13H12NO3PS. The third kappa shape index (κ3) is 3.46. The lowest BCUT2D eigenvalue weighted by atomic mass is 10.3. The maximum atomic E-state index is 10.1. The Kier molecular flexibility index (Phi) is 4.41. The Hall–Kier alpha value is -1.57. The van der Waals surface area contributed by atoms with Gasteiger partial charge in [-0.3, -0.25) is 0 Å². The molecule has 0 aliphatic rings. The second kappa shape index (κ2) is 6.05. The quantitative estimate of drug-likeness (QED) is 0.674. The lowest BCUT2D eigenvalue weighted by Gasteiger charge is -2.16. The predicted molar refractivity (Wildman–Crippen MR) is 76.1 cm³/mol. The number of nitrogens with zero attached hydrogens (tertiary/aromatic N) is 1. The van der Waals surface area contributed by atoms with Crippen LogP contribution in [0.15, 0.2) is 65.6 Å². The van der Waals surface area contributed by atoms with E-state index in [1.165, 1.54) is 0 Å². The molecule has 4 nitrogen and oxygen atoms in total. The number of para-hydroxylation sites is 1. The third-order valence-corrected chi connectivity index (χ3v) is 6.60. The topological polar surface area (TPSA) is 73.5 Å². The first-order chi connectivity index (χ1) is 9.13. The zero-order valence-corrected chi connectivity index (χ0v) is 11.6. The van der Waals surface area contributed by atoms with Gasteiger partial charge in [0, 0.05) is 15.0 Å². The van der Waals surface area contributed by atoms with Crippen molar-refractivity contribution in [3.63, 3.8) is 0 Å². The molecule has 2 aromatic rings. The summed E-state index contributed by atoms with van der Waals surface area (Å²) < 4.78 is 5.22. The standard InChI is InChI=1S/C13H12NO3PS/c14-11-19(13-9-5-2-6-10-13)18(15,16)17-12-7-3-1-4-8-12/h1-10,15-16H. The van der Waals surface area contributed by atoms with E-state index in [9.17, 15) is 15.0 Å². The number of rotatable bonds is 3. The number of hydrogen-bond donors (Lipinski definition) is 2. The molecule has 0 saturated carbocycles. The van der Waals surface area contributed by atoms with Gasteiger partial charge in [0.25, 0.3) is 0 Å². The van der Waals surface area contributed by atoms with Crippen LogP contribution < -0.4 is 4.52 Å². The fraction of sp³-hybridized carbons (Fsp3) is 0. The summed E-state index contributed by atoms with van der Waals surface area (Å²) in [6, 6.07) is 17.1. The highest BCUT2D eigenvalue weighted by Crippen LogP contribution is 2.45. The van der Waals surface area contributed by atoms with Gasteiger partial charge in [0.2, 0.25) is 0 Å². The Morgan fingerprint density at radius 2 is 1.47 bits per heavy atom. The van der Waals surface area contributed by atoms with Gasteiger partial charge in [0.1, 0.15) is 11.2 Å². The van der Waals surface area contributed by atoms with Crippen molar-refractivity contribution < 1.29 is 14.3 Å². The van der Waals surface area contributed by atoms with E-state index >= 15 is 0 Å². The summed E-state index contributed by atoms with van der Waals surface area (Å²) in [7, 11) is -1.40. The molecule has 0 heterocycles. The Morgan fingerprint density at radius 1 is 0.947 bits per heavy atom. The lowest BCUT2D eigenvalue weighted by Crippen LogP contribution is -1.99. The fourth-order valence-electron chi connectivity index (χ4n) is 1.45. The van der Waals surface area contributed by atoms with Crippen LogP contribution in [0.4, 0.5) is 0 Å². The Labute approximate surface area is 113 Å². The van der Waals surface area contributed by atoms with Gasteiger partial charge in [-0.1, -0.05) is 36.4 Å². The molecule has 2 aromatic carbocycles. The van der Waals surface area contributed by atoms with Gasteiger partial charge in [-0.05, 0) is 24.3 Å². The highest BCUT2D eigenvalue weighted by Gasteiger charge is 2.21. The van der Waals surface area contributed by atoms with Gasteiger partial charge < -0.3 is 14.3 Å². The second-order valence-electron chi connectivity index (χ2n) is 3.58. The maximum Gasteiger partial charge on any atom is 0.350 e. The van der Waals surface area contributed by atoms with E-state index in [2.05, 4.69) is 0 Å². The van der Waals surface area contributed by atoms with Gasteiger partial charge in [0.15, 0.2) is 0 Å². The average Bonchev–Trinajstić information content (AvgIpc) is 2.41. The van der Waals surface area contributed by atoms with Gasteiger partial charge in [0.05, 0.1) is 0 Å². The average molecular weight is 293 g/mol. The molecule has 0 aliphatic carbocycles. The van der Waals surface area contributed by atoms with Crippen molar-refractivity contribution in [3.05, 3.63) is 60.7 Å². The van der Waals surface area contributed by atoms with E-state index < -0.39 is 16.8 Å². The Bertz CT molecular complexity index is 647. The summed E-state index contributed by atoms with van der Waals surface area (Å²) in [5.41, 5.74) is 0. The van der Waals surface area contributed by atoms with E-state index in [1.54, 1.807) is 60.7 Å². The van der Waals surface area contributed by atoms with Crippen molar-refractivity contribution in [1.82, 2.24) is 0 Å². The first kappa shape index (κ1) is 13.9. The molecule has 0 amide bonds. The summed E-state index contributed by atoms with van der Waals surface area (Å²) in [4.78, 5) is 20.8. The van der Waals surface area contributed by atoms with E-state index in [1.807, 2.05) is 5.40 Å². The molecule has 98 valence electrons. The number of hydrogen-bond acceptors (Lipinski definition) is 2. The Morgan fingerprint density at radius 3 is 2.00 bits per heavy atom. The zero-order valence-electron chi connectivity index (χ0n) is 9.88. The van der Waals surface area contributed by atoms with Gasteiger partial charge in [-0.2, -0.15) is 5.26 Å². The molecule has 0 aromatic heterocycles. The summed E-state index contributed by atoms with van der Waals surface area (Å²) in [5.74, 6) is 0.338. The molecule has 0 saturated heterocycles. The van der Waals surface area contributed by atoms with Crippen molar-refractivity contribution in [3.8, 4) is 11.2 Å². The first-order valence-electron chi connectivity index (χ1n) is 5.42. The van der Waals surface area contributed by atoms with Crippen LogP contribution >= 0.6 is 6.72 Å². The normalized spacial score (nSPS) is 12.5. The van der Waals surface area contributed by atoms with Crippen molar-refractivity contribution in [2.45, 2.75) is 4.90 Å². The molecule has 2 N–H and O–H groups in total. The number of thiocyanates is 1. The minimum Gasteiger partial charge on any atom is -0.427 e. The van der Waals surface area contributed by atoms with Gasteiger partial charge in [-0.25, -0.2) is 0 Å². The van der Waals surface area contributed by atoms with Crippen molar-refractivity contribution >= 4 is 16.8 Å². The minimum absolute atomic E-state index is 0.338. The van der Waals surface area contributed by atoms with Gasteiger partial charge >= 0.3 is 6.72 Å². The van der Waals surface area contributed by atoms with Crippen LogP contribution in [0.25, 0.3) is 0 Å². The molecule has 0 spiro atoms. The van der Waals surface area contributed by atoms with Gasteiger partial charge in [-0.15, -0.1) is 0 Å². The third-order valence-electron chi connectivity index (χ3n) is 2.26. The van der Waals surface area contributed by atoms with E-state index in [0.717, 1.165) is 0 Å². The predicted octanol–water partition coefficient (Wildman–Crippen LogP) is 2.89. The molecule has 2 rings (SSSR count). The summed E-state index contributed by atoms with van der Waals surface area (Å²) in [6.07, 6.45) is 0. The molecule has 0 bridgehead atoms. The van der Waals surface area contributed by atoms with Crippen LogP contribution in [0.5, 0.6) is 5.75 Å². The van der Waals surface area contributed by atoms with Crippen molar-refractivity contribution in [2.75, 3.05) is 0 Å². The lowest BCUT2D eigenvalue weighted by molar-refractivity contribution is 0.370. The zero-order chi connectivity index (χ0) is 13.7. The number of benzene rings is 2. The van der Waals surface area contributed by atoms with Crippen LogP contribution in [-0.2, 0) is 10.1 Å². The van der Waals surface area contributed by atoms with Crippen LogP contribution in [0.1, 0.15) is 0 Å². The molecule has 19 heavy (non-hydrogen) atoms. The molecule has 0 radical (unpaired) electrons. The van der Waals surface area contributed by atoms with Crippen LogP contribution in [0, 0.1) is 10.7 Å². The van der Waals surface area contributed by atoms with E-state index in [0.29, 0.717) is 10.6 Å². The summed E-state index contributed by atoms with van der Waals surface area (Å²) in [5, 5.41) is 11.1. The SMILES string of the molecule is N#CS(c1ccccc1)=P(O)(O)Oc1ccccc1. The Balaban J connectivity index is 2.45. The van der Waals surface area contributed by atoms with Crippen LogP contribution in [0.3, 0.4) is 0 Å². The molecular weight excluding hydrogens is 281 g/mol. The van der Waals surface area contributed by atoms with E-state index in [-0.39, 0.29) is 0 Å². The molecule has 0 aliphatic heterocycles. The summed E-state index contributed by atoms with van der Waals surface area (Å²) in [6.45, 7) is -3.83. The second-order valence-corrected chi connectivity index (χ2v) is 8.49. The van der Waals surface area contributed by atoms with Crippen molar-refractivity contribution in [1.29, 1.82) is 5.26 Å². The van der Waals surface area contributed by atoms with Crippen molar-refractivity contribution in [2.24, 2.45) is 0 Å². The highest BCUT2D eigenvalue weighted by atomic mass is 32.5. The molecule has 1 atom stereocenters. The first-order valence-corrected chi connectivity index (χ1v) is 8.86. The smallest absolute Gasteiger partial charge is 0.350 e. The van der Waals surface area contributed by atoms with Crippen LogP contribution in [0.2, 0.25) is 0 Å². The number of nitriles is 1. The monoisotopic (exact) mass is 293 g/mol. The minimum atomic E-state index is -3.83. The highest BCUT2D eigenvalue weighted by molar-refractivity contribution is 8.30. The molecule has 0 fully saturated rings.